The number of allylic oxidation sites excluding steroid dienone is 1. The molecule has 1 aromatic heterocycles. The van der Waals surface area contributed by atoms with E-state index in [9.17, 15) is 4.79 Å². The van der Waals surface area contributed by atoms with E-state index in [0.717, 1.165) is 5.56 Å². The number of hydrogen-bond acceptors (Lipinski definition) is 5. The highest BCUT2D eigenvalue weighted by Gasteiger charge is 2.35. The molecule has 182 valence electrons. The number of hydrogen-bond donors (Lipinski definition) is 2. The maximum atomic E-state index is 15.1. The number of nitrogens with one attached hydrogen (secondary N) is 2. The molecule has 1 atom stereocenters. The SMILES string of the molecule is CC1=C(C(=O)Nc2ccc(Cl)cc2)[C@@H](c2ccccc2F)n2nc(SCc3ccccc3Cl)nc2N1. The third-order valence-corrected chi connectivity index (χ3v) is 7.20. The fraction of sp³-hybridized carbons (Fsp3) is 0.115. The van der Waals surface area contributed by atoms with Crippen molar-refractivity contribution in [3.05, 3.63) is 111 Å². The number of amides is 1. The summed E-state index contributed by atoms with van der Waals surface area (Å²) in [5, 5.41) is 12.4. The second-order valence-electron chi connectivity index (χ2n) is 8.09. The van der Waals surface area contributed by atoms with Crippen molar-refractivity contribution >= 4 is 52.5 Å². The highest BCUT2D eigenvalue weighted by Crippen LogP contribution is 2.38. The number of nitrogens with zero attached hydrogens (tertiary/aromatic N) is 3. The minimum absolute atomic E-state index is 0.313. The first-order valence-corrected chi connectivity index (χ1v) is 12.8. The van der Waals surface area contributed by atoms with Gasteiger partial charge in [-0.05, 0) is 48.9 Å². The van der Waals surface area contributed by atoms with Crippen LogP contribution < -0.4 is 10.6 Å². The summed E-state index contributed by atoms with van der Waals surface area (Å²) in [6, 6.07) is 19.9. The van der Waals surface area contributed by atoms with Crippen molar-refractivity contribution < 1.29 is 9.18 Å². The number of thioether (sulfide) groups is 1. The van der Waals surface area contributed by atoms with Crippen molar-refractivity contribution in [2.45, 2.75) is 23.9 Å². The number of rotatable bonds is 6. The Bertz CT molecular complexity index is 1470. The number of aromatic nitrogens is 3. The van der Waals surface area contributed by atoms with E-state index in [2.05, 4.69) is 20.7 Å². The Morgan fingerprint density at radius 2 is 1.81 bits per heavy atom. The quantitative estimate of drug-likeness (QED) is 0.259. The van der Waals surface area contributed by atoms with Crippen molar-refractivity contribution in [2.24, 2.45) is 0 Å². The van der Waals surface area contributed by atoms with E-state index in [0.29, 0.717) is 49.4 Å². The summed E-state index contributed by atoms with van der Waals surface area (Å²) in [4.78, 5) is 18.1. The molecule has 36 heavy (non-hydrogen) atoms. The number of halogens is 3. The molecule has 1 aliphatic heterocycles. The van der Waals surface area contributed by atoms with Crippen molar-refractivity contribution in [1.29, 1.82) is 0 Å². The molecule has 0 bridgehead atoms. The first kappa shape index (κ1) is 24.4. The van der Waals surface area contributed by atoms with E-state index < -0.39 is 11.9 Å². The lowest BCUT2D eigenvalue weighted by atomic mass is 9.94. The Morgan fingerprint density at radius 1 is 1.08 bits per heavy atom. The Morgan fingerprint density at radius 3 is 2.56 bits per heavy atom. The molecule has 0 aliphatic carbocycles. The Kier molecular flexibility index (Phi) is 7.00. The molecule has 3 aromatic carbocycles. The Hall–Kier alpha value is -3.33. The molecular formula is C26H20Cl2FN5OS. The monoisotopic (exact) mass is 539 g/mol. The summed E-state index contributed by atoms with van der Waals surface area (Å²) in [5.41, 5.74) is 2.71. The first-order chi connectivity index (χ1) is 17.4. The van der Waals surface area contributed by atoms with Crippen LogP contribution in [0.15, 0.2) is 89.2 Å². The molecule has 5 rings (SSSR count). The van der Waals surface area contributed by atoms with Crippen LogP contribution in [0, 0.1) is 5.82 Å². The number of anilines is 2. The largest absolute Gasteiger partial charge is 0.328 e. The van der Waals surface area contributed by atoms with Gasteiger partial charge in [0, 0.05) is 32.7 Å². The predicted molar refractivity (Wildman–Crippen MR) is 142 cm³/mol. The molecule has 1 aliphatic rings. The summed E-state index contributed by atoms with van der Waals surface area (Å²) < 4.78 is 16.6. The molecular weight excluding hydrogens is 520 g/mol. The van der Waals surface area contributed by atoms with Gasteiger partial charge in [0.15, 0.2) is 0 Å². The predicted octanol–water partition coefficient (Wildman–Crippen LogP) is 6.94. The van der Waals surface area contributed by atoms with E-state index in [-0.39, 0.29) is 5.91 Å². The maximum absolute atomic E-state index is 15.1. The first-order valence-electron chi connectivity index (χ1n) is 11.0. The molecule has 2 heterocycles. The minimum Gasteiger partial charge on any atom is -0.328 e. The second kappa shape index (κ2) is 10.3. The van der Waals surface area contributed by atoms with Crippen LogP contribution in [0.1, 0.15) is 24.1 Å². The summed E-state index contributed by atoms with van der Waals surface area (Å²) in [6.45, 7) is 1.76. The summed E-state index contributed by atoms with van der Waals surface area (Å²) in [7, 11) is 0. The van der Waals surface area contributed by atoms with Crippen molar-refractivity contribution in [3.63, 3.8) is 0 Å². The number of benzene rings is 3. The van der Waals surface area contributed by atoms with Gasteiger partial charge in [0.1, 0.15) is 11.9 Å². The zero-order valence-corrected chi connectivity index (χ0v) is 21.3. The lowest BCUT2D eigenvalue weighted by Crippen LogP contribution is -2.32. The van der Waals surface area contributed by atoms with Crippen LogP contribution >= 0.6 is 35.0 Å². The minimum atomic E-state index is -0.822. The zero-order chi connectivity index (χ0) is 25.2. The van der Waals surface area contributed by atoms with Gasteiger partial charge in [-0.3, -0.25) is 4.79 Å². The Labute approximate surface area is 221 Å². The van der Waals surface area contributed by atoms with Crippen molar-refractivity contribution in [1.82, 2.24) is 14.8 Å². The van der Waals surface area contributed by atoms with Gasteiger partial charge < -0.3 is 10.6 Å². The fourth-order valence-corrected chi connectivity index (χ4v) is 5.20. The van der Waals surface area contributed by atoms with Gasteiger partial charge in [-0.15, -0.1) is 5.10 Å². The highest BCUT2D eigenvalue weighted by molar-refractivity contribution is 7.98. The third kappa shape index (κ3) is 4.97. The van der Waals surface area contributed by atoms with E-state index in [1.165, 1.54) is 17.8 Å². The standard InChI is InChI=1S/C26H20Cl2FN5OS/c1-15-22(24(35)31-18-12-10-17(27)11-13-18)23(19-7-3-5-9-21(19)29)34-25(30-15)32-26(33-34)36-14-16-6-2-4-8-20(16)28/h2-13,23H,14H2,1H3,(H,31,35)(H,30,32,33)/t23-/m1/s1. The average molecular weight is 540 g/mol. The molecule has 2 N–H and O–H groups in total. The van der Waals surface area contributed by atoms with Crippen LogP contribution in [0.5, 0.6) is 0 Å². The highest BCUT2D eigenvalue weighted by atomic mass is 35.5. The van der Waals surface area contributed by atoms with E-state index in [4.69, 9.17) is 23.2 Å². The normalized spacial score (nSPS) is 14.8. The van der Waals surface area contributed by atoms with Gasteiger partial charge in [0.2, 0.25) is 11.1 Å². The maximum Gasteiger partial charge on any atom is 0.255 e. The molecule has 10 heteroatoms. The molecule has 1 amide bonds. The molecule has 0 unspecified atom stereocenters. The molecule has 4 aromatic rings. The van der Waals surface area contributed by atoms with Gasteiger partial charge in [0.05, 0.1) is 5.57 Å². The van der Waals surface area contributed by atoms with Crippen LogP contribution in [0.25, 0.3) is 0 Å². The molecule has 0 saturated heterocycles. The van der Waals surface area contributed by atoms with E-state index in [1.807, 2.05) is 24.3 Å². The van der Waals surface area contributed by atoms with Gasteiger partial charge in [0.25, 0.3) is 5.91 Å². The summed E-state index contributed by atoms with van der Waals surface area (Å²) in [5.74, 6) is 0.150. The van der Waals surface area contributed by atoms with Gasteiger partial charge in [-0.25, -0.2) is 9.07 Å². The summed E-state index contributed by atoms with van der Waals surface area (Å²) >= 11 is 13.7. The average Bonchev–Trinajstić information content (AvgIpc) is 3.27. The lowest BCUT2D eigenvalue weighted by molar-refractivity contribution is -0.113. The van der Waals surface area contributed by atoms with Crippen LogP contribution in [0.4, 0.5) is 16.0 Å². The number of fused-ring (bicyclic) bond motifs is 1. The van der Waals surface area contributed by atoms with Crippen molar-refractivity contribution in [3.8, 4) is 0 Å². The van der Waals surface area contributed by atoms with E-state index >= 15 is 4.39 Å². The van der Waals surface area contributed by atoms with Gasteiger partial charge in [-0.1, -0.05) is 71.4 Å². The third-order valence-electron chi connectivity index (χ3n) is 5.69. The van der Waals surface area contributed by atoms with E-state index in [1.54, 1.807) is 54.1 Å². The lowest BCUT2D eigenvalue weighted by Gasteiger charge is -2.28. The second-order valence-corrected chi connectivity index (χ2v) is 9.88. The van der Waals surface area contributed by atoms with Crippen LogP contribution in [0.2, 0.25) is 10.0 Å². The topological polar surface area (TPSA) is 71.8 Å². The molecule has 0 spiro atoms. The summed E-state index contributed by atoms with van der Waals surface area (Å²) in [6.07, 6.45) is 0. The van der Waals surface area contributed by atoms with Gasteiger partial charge >= 0.3 is 0 Å². The Balaban J connectivity index is 1.50. The number of carbonyl (C=O) groups excluding carboxylic acids is 1. The van der Waals surface area contributed by atoms with Gasteiger partial charge in [-0.2, -0.15) is 4.98 Å². The molecule has 0 fully saturated rings. The fourth-order valence-electron chi connectivity index (χ4n) is 3.96. The van der Waals surface area contributed by atoms with Crippen LogP contribution in [0.3, 0.4) is 0 Å². The molecule has 6 nitrogen and oxygen atoms in total. The smallest absolute Gasteiger partial charge is 0.255 e. The number of carbonyl (C=O) groups is 1. The van der Waals surface area contributed by atoms with Crippen molar-refractivity contribution in [2.75, 3.05) is 10.6 Å². The molecule has 0 radical (unpaired) electrons. The zero-order valence-electron chi connectivity index (χ0n) is 19.0. The van der Waals surface area contributed by atoms with Crippen LogP contribution in [-0.2, 0) is 10.5 Å². The van der Waals surface area contributed by atoms with Crippen LogP contribution in [-0.4, -0.2) is 20.7 Å². The molecule has 0 saturated carbocycles.